The van der Waals surface area contributed by atoms with Gasteiger partial charge in [-0.15, -0.1) is 0 Å². The van der Waals surface area contributed by atoms with Gasteiger partial charge >= 0.3 is 0 Å². The number of alkyl halides is 1. The number of nitrogens with zero attached hydrogens (tertiary/aromatic N) is 2. The Morgan fingerprint density at radius 1 is 1.42 bits per heavy atom. The molecule has 1 unspecified atom stereocenters. The molecule has 0 aromatic heterocycles. The van der Waals surface area contributed by atoms with Crippen LogP contribution in [-0.2, 0) is 14.3 Å². The number of allylic oxidation sites excluding steroid dienone is 1. The average molecular weight is 270 g/mol. The van der Waals surface area contributed by atoms with Crippen molar-refractivity contribution in [3.8, 4) is 0 Å². The highest BCUT2D eigenvalue weighted by Gasteiger charge is 2.38. The van der Waals surface area contributed by atoms with Crippen molar-refractivity contribution < 1.29 is 18.7 Å². The number of halogens is 1. The van der Waals surface area contributed by atoms with E-state index < -0.39 is 12.6 Å². The fourth-order valence-corrected chi connectivity index (χ4v) is 2.42. The van der Waals surface area contributed by atoms with Crippen LogP contribution in [0.25, 0.3) is 0 Å². The highest BCUT2D eigenvalue weighted by Crippen LogP contribution is 2.25. The minimum atomic E-state index is -0.636. The molecule has 0 radical (unpaired) electrons. The van der Waals surface area contributed by atoms with E-state index in [0.29, 0.717) is 32.0 Å². The number of ether oxygens (including phenoxy) is 1. The van der Waals surface area contributed by atoms with E-state index in [1.165, 1.54) is 4.90 Å². The Bertz CT molecular complexity index is 380. The van der Waals surface area contributed by atoms with Crippen LogP contribution in [0.5, 0.6) is 0 Å². The molecule has 2 rings (SSSR count). The van der Waals surface area contributed by atoms with Crippen LogP contribution in [-0.4, -0.2) is 61.3 Å². The fraction of sp³-hybridized carbons (Fsp3) is 0.692. The predicted molar refractivity (Wildman–Crippen MR) is 67.0 cm³/mol. The predicted octanol–water partition coefficient (Wildman–Crippen LogP) is 0.567. The van der Waals surface area contributed by atoms with Gasteiger partial charge in [0.25, 0.3) is 0 Å². The van der Waals surface area contributed by atoms with Crippen molar-refractivity contribution in [1.29, 1.82) is 0 Å². The molecule has 2 heterocycles. The third-order valence-electron chi connectivity index (χ3n) is 3.53. The van der Waals surface area contributed by atoms with Gasteiger partial charge in [0.1, 0.15) is 6.67 Å². The number of hydrogen-bond acceptors (Lipinski definition) is 4. The Hall–Kier alpha value is -1.27. The molecule has 0 aliphatic carbocycles. The molecule has 0 N–H and O–H groups in total. The SMILES string of the molecule is C=C(CF)CC1CC(=O)N(CCN2CCOC2)C1=O. The molecule has 6 heteroatoms. The van der Waals surface area contributed by atoms with Crippen LogP contribution in [0.1, 0.15) is 12.8 Å². The standard InChI is InChI=1S/C13H19FN2O3/c1-10(8-14)6-11-7-12(17)16(13(11)18)3-2-15-4-5-19-9-15/h11H,1-9H2. The molecule has 0 bridgehead atoms. The van der Waals surface area contributed by atoms with Gasteiger partial charge in [0.05, 0.1) is 19.3 Å². The average Bonchev–Trinajstić information content (AvgIpc) is 2.98. The molecule has 19 heavy (non-hydrogen) atoms. The molecule has 0 aromatic carbocycles. The van der Waals surface area contributed by atoms with Gasteiger partial charge in [-0.05, 0) is 12.0 Å². The van der Waals surface area contributed by atoms with Crippen molar-refractivity contribution >= 4 is 11.8 Å². The molecular formula is C13H19FN2O3. The van der Waals surface area contributed by atoms with E-state index >= 15 is 0 Å². The Labute approximate surface area is 112 Å². The topological polar surface area (TPSA) is 49.9 Å². The first-order chi connectivity index (χ1) is 9.11. The number of carbonyl (C=O) groups excluding carboxylic acids is 2. The van der Waals surface area contributed by atoms with Gasteiger partial charge in [-0.2, -0.15) is 0 Å². The summed E-state index contributed by atoms with van der Waals surface area (Å²) in [6.07, 6.45) is 0.443. The quantitative estimate of drug-likeness (QED) is 0.523. The molecule has 2 aliphatic heterocycles. The molecule has 1 atom stereocenters. The lowest BCUT2D eigenvalue weighted by Crippen LogP contribution is -2.38. The van der Waals surface area contributed by atoms with E-state index in [4.69, 9.17) is 4.74 Å². The highest BCUT2D eigenvalue weighted by atomic mass is 19.1. The van der Waals surface area contributed by atoms with Gasteiger partial charge in [-0.1, -0.05) is 6.58 Å². The normalized spacial score (nSPS) is 24.5. The zero-order chi connectivity index (χ0) is 13.8. The smallest absolute Gasteiger partial charge is 0.233 e. The molecule has 2 saturated heterocycles. The lowest BCUT2D eigenvalue weighted by Gasteiger charge is -2.19. The van der Waals surface area contributed by atoms with Crippen molar-refractivity contribution in [3.05, 3.63) is 12.2 Å². The third-order valence-corrected chi connectivity index (χ3v) is 3.53. The number of amides is 2. The minimum absolute atomic E-state index is 0.165. The first-order valence-corrected chi connectivity index (χ1v) is 6.48. The van der Waals surface area contributed by atoms with Gasteiger partial charge in [0, 0.05) is 26.1 Å². The minimum Gasteiger partial charge on any atom is -0.365 e. The van der Waals surface area contributed by atoms with Crippen molar-refractivity contribution in [1.82, 2.24) is 9.80 Å². The van der Waals surface area contributed by atoms with Crippen LogP contribution in [0.2, 0.25) is 0 Å². The van der Waals surface area contributed by atoms with Crippen molar-refractivity contribution in [2.75, 3.05) is 39.6 Å². The molecule has 5 nitrogen and oxygen atoms in total. The monoisotopic (exact) mass is 270 g/mol. The number of likely N-dealkylation sites (tertiary alicyclic amines) is 1. The summed E-state index contributed by atoms with van der Waals surface area (Å²) in [6, 6.07) is 0. The maximum absolute atomic E-state index is 12.4. The lowest BCUT2D eigenvalue weighted by molar-refractivity contribution is -0.139. The van der Waals surface area contributed by atoms with E-state index in [0.717, 1.165) is 6.54 Å². The first kappa shape index (κ1) is 14.1. The Morgan fingerprint density at radius 2 is 2.21 bits per heavy atom. The number of hydrogen-bond donors (Lipinski definition) is 0. The van der Waals surface area contributed by atoms with Crippen molar-refractivity contribution in [3.63, 3.8) is 0 Å². The zero-order valence-electron chi connectivity index (χ0n) is 10.9. The van der Waals surface area contributed by atoms with E-state index in [2.05, 4.69) is 6.58 Å². The molecule has 0 aromatic rings. The number of rotatable bonds is 6. The molecule has 0 saturated carbocycles. The first-order valence-electron chi connectivity index (χ1n) is 6.48. The van der Waals surface area contributed by atoms with Gasteiger partial charge in [-0.25, -0.2) is 4.39 Å². The van der Waals surface area contributed by atoms with Crippen LogP contribution in [0, 0.1) is 5.92 Å². The maximum Gasteiger partial charge on any atom is 0.233 e. The van der Waals surface area contributed by atoms with E-state index in [1.54, 1.807) is 0 Å². The van der Waals surface area contributed by atoms with Crippen LogP contribution >= 0.6 is 0 Å². The summed E-state index contributed by atoms with van der Waals surface area (Å²) in [5.74, 6) is -0.785. The fourth-order valence-electron chi connectivity index (χ4n) is 2.42. The van der Waals surface area contributed by atoms with Gasteiger partial charge in [-0.3, -0.25) is 19.4 Å². The third kappa shape index (κ3) is 3.39. The summed E-state index contributed by atoms with van der Waals surface area (Å²) in [4.78, 5) is 27.2. The lowest BCUT2D eigenvalue weighted by atomic mass is 9.99. The van der Waals surface area contributed by atoms with Crippen LogP contribution in [0.4, 0.5) is 4.39 Å². The summed E-state index contributed by atoms with van der Waals surface area (Å²) in [5.41, 5.74) is 0.376. The Balaban J connectivity index is 1.85. The molecular weight excluding hydrogens is 251 g/mol. The highest BCUT2D eigenvalue weighted by molar-refractivity contribution is 6.03. The Kier molecular flexibility index (Phi) is 4.66. The largest absolute Gasteiger partial charge is 0.365 e. The summed E-state index contributed by atoms with van der Waals surface area (Å²) in [7, 11) is 0. The van der Waals surface area contributed by atoms with Crippen LogP contribution < -0.4 is 0 Å². The zero-order valence-corrected chi connectivity index (χ0v) is 10.9. The van der Waals surface area contributed by atoms with Crippen LogP contribution in [0.15, 0.2) is 12.2 Å². The van der Waals surface area contributed by atoms with Crippen molar-refractivity contribution in [2.45, 2.75) is 12.8 Å². The number of carbonyl (C=O) groups is 2. The molecule has 106 valence electrons. The second kappa shape index (κ2) is 6.25. The molecule has 2 aliphatic rings. The molecule has 2 fully saturated rings. The van der Waals surface area contributed by atoms with Gasteiger partial charge in [0.15, 0.2) is 0 Å². The second-order valence-corrected chi connectivity index (χ2v) is 5.03. The summed E-state index contributed by atoms with van der Waals surface area (Å²) in [5, 5.41) is 0. The second-order valence-electron chi connectivity index (χ2n) is 5.03. The number of imide groups is 1. The summed E-state index contributed by atoms with van der Waals surface area (Å²) < 4.78 is 17.6. The van der Waals surface area contributed by atoms with E-state index in [-0.39, 0.29) is 24.7 Å². The summed E-state index contributed by atoms with van der Waals surface area (Å²) >= 11 is 0. The van der Waals surface area contributed by atoms with E-state index in [9.17, 15) is 14.0 Å². The molecule has 2 amide bonds. The Morgan fingerprint density at radius 3 is 2.84 bits per heavy atom. The van der Waals surface area contributed by atoms with Crippen LogP contribution in [0.3, 0.4) is 0 Å². The summed E-state index contributed by atoms with van der Waals surface area (Å²) in [6.45, 7) is 6.02. The van der Waals surface area contributed by atoms with Gasteiger partial charge < -0.3 is 4.74 Å². The van der Waals surface area contributed by atoms with E-state index in [1.807, 2.05) is 4.90 Å². The molecule has 0 spiro atoms. The van der Waals surface area contributed by atoms with Gasteiger partial charge in [0.2, 0.25) is 11.8 Å². The maximum atomic E-state index is 12.4. The van der Waals surface area contributed by atoms with Crippen molar-refractivity contribution in [2.24, 2.45) is 5.92 Å².